The lowest BCUT2D eigenvalue weighted by molar-refractivity contribution is 0.433. The average Bonchev–Trinajstić information content (AvgIpc) is 1.84. The van der Waals surface area contributed by atoms with Crippen LogP contribution in [0.5, 0.6) is 0 Å². The van der Waals surface area contributed by atoms with Gasteiger partial charge in [-0.2, -0.15) is 0 Å². The molecule has 0 radical (unpaired) electrons. The molecule has 0 heterocycles. The van der Waals surface area contributed by atoms with Gasteiger partial charge in [-0.15, -0.1) is 0 Å². The van der Waals surface area contributed by atoms with Crippen molar-refractivity contribution in [3.63, 3.8) is 0 Å². The van der Waals surface area contributed by atoms with E-state index in [0.29, 0.717) is 0 Å². The molecule has 12 heavy (non-hydrogen) atoms. The maximum atomic E-state index is 5.60. The predicted molar refractivity (Wildman–Crippen MR) is 61.9 cm³/mol. The van der Waals surface area contributed by atoms with Gasteiger partial charge in [0.25, 0.3) is 0 Å². The molecule has 3 heteroatoms. The topological polar surface area (TPSA) is 12.0 Å². The van der Waals surface area contributed by atoms with E-state index in [-0.39, 0.29) is 5.54 Å². The molecule has 0 bridgehead atoms. The minimum Gasteiger partial charge on any atom is -0.228 e. The molecule has 0 spiro atoms. The van der Waals surface area contributed by atoms with Crippen LogP contribution in [-0.2, 0) is 0 Å². The maximum absolute atomic E-state index is 5.60. The van der Waals surface area contributed by atoms with Crippen LogP contribution in [0, 0.1) is 0 Å². The van der Waals surface area contributed by atoms with Crippen molar-refractivity contribution in [1.82, 2.24) is 4.84 Å². The van der Waals surface area contributed by atoms with Crippen LogP contribution in [0.3, 0.4) is 0 Å². The van der Waals surface area contributed by atoms with Crippen LogP contribution in [0.4, 0.5) is 0 Å². The minimum atomic E-state index is -0.583. The van der Waals surface area contributed by atoms with Crippen molar-refractivity contribution in [3.8, 4) is 0 Å². The molecule has 0 fully saturated rings. The Hall–Kier alpha value is 0.680. The Bertz CT molecular complexity index is 129. The highest BCUT2D eigenvalue weighted by molar-refractivity contribution is 7.73. The van der Waals surface area contributed by atoms with Gasteiger partial charge in [-0.25, -0.2) is 4.84 Å². The van der Waals surface area contributed by atoms with Crippen molar-refractivity contribution in [2.75, 3.05) is 26.2 Å². The number of hydrogen-bond acceptors (Lipinski definition) is 1. The highest BCUT2D eigenvalue weighted by Crippen LogP contribution is 2.47. The van der Waals surface area contributed by atoms with Gasteiger partial charge < -0.3 is 0 Å². The fourth-order valence-electron chi connectivity index (χ4n) is 1.04. The molecule has 74 valence electrons. The molecular weight excluding hydrogens is 189 g/mol. The third-order valence-corrected chi connectivity index (χ3v) is 4.06. The molecule has 0 aromatic carbocycles. The molecule has 0 rings (SSSR count). The molecule has 0 atom stereocenters. The Labute approximate surface area is 82.7 Å². The van der Waals surface area contributed by atoms with Crippen molar-refractivity contribution in [3.05, 3.63) is 0 Å². The first-order chi connectivity index (χ1) is 5.27. The fraction of sp³-hybridized carbons (Fsp3) is 1.00. The first-order valence-electron chi connectivity index (χ1n) is 4.45. The highest BCUT2D eigenvalue weighted by Gasteiger charge is 2.20. The second-order valence-electron chi connectivity index (χ2n) is 5.10. The molecule has 0 aliphatic rings. The van der Waals surface area contributed by atoms with Crippen molar-refractivity contribution in [1.29, 1.82) is 0 Å². The summed E-state index contributed by atoms with van der Waals surface area (Å²) in [5.74, 6) is 0. The average molecular weight is 211 g/mol. The summed E-state index contributed by atoms with van der Waals surface area (Å²) < 4.78 is 0. The first kappa shape index (κ1) is 12.7. The van der Waals surface area contributed by atoms with E-state index >= 15 is 0 Å². The number of rotatable bonds is 5. The van der Waals surface area contributed by atoms with E-state index in [9.17, 15) is 0 Å². The van der Waals surface area contributed by atoms with Gasteiger partial charge in [0, 0.05) is 32.8 Å². The predicted octanol–water partition coefficient (Wildman–Crippen LogP) is 3.20. The number of nitrogens with one attached hydrogen (secondary N) is 1. The number of hydrogen-bond donors (Lipinski definition) is 1. The Morgan fingerprint density at radius 1 is 1.25 bits per heavy atom. The lowest BCUT2D eigenvalue weighted by Gasteiger charge is -2.22. The molecule has 0 aliphatic heterocycles. The Kier molecular flexibility index (Phi) is 5.06. The zero-order valence-electron chi connectivity index (χ0n) is 8.95. The third kappa shape index (κ3) is 7.34. The standard InChI is InChI=1S/C9H22ClNP/c1-9(2,11-10)7-6-8-12(3,4)5/h11H,6-8H2,1-5H3/q+1. The Balaban J connectivity index is 3.57. The summed E-state index contributed by atoms with van der Waals surface area (Å²) in [7, 11) is -0.583. The summed E-state index contributed by atoms with van der Waals surface area (Å²) in [5.41, 5.74) is 0.0940. The Morgan fingerprint density at radius 3 is 2.08 bits per heavy atom. The molecule has 0 unspecified atom stereocenters. The fourth-order valence-corrected chi connectivity index (χ4v) is 2.24. The van der Waals surface area contributed by atoms with E-state index in [0.717, 1.165) is 6.42 Å². The second kappa shape index (κ2) is 4.79. The van der Waals surface area contributed by atoms with Crippen LogP contribution in [0.2, 0.25) is 0 Å². The summed E-state index contributed by atoms with van der Waals surface area (Å²) in [5, 5.41) is 0. The summed E-state index contributed by atoms with van der Waals surface area (Å²) in [6.45, 7) is 11.4. The lowest BCUT2D eigenvalue weighted by Crippen LogP contribution is -2.32. The molecule has 0 aromatic heterocycles. The zero-order chi connectivity index (χ0) is 9.83. The molecular formula is C9H22ClNP+. The van der Waals surface area contributed by atoms with Crippen molar-refractivity contribution in [2.24, 2.45) is 0 Å². The second-order valence-corrected chi connectivity index (χ2v) is 10.3. The zero-order valence-corrected chi connectivity index (χ0v) is 10.6. The normalized spacial score (nSPS) is 13.5. The smallest absolute Gasteiger partial charge is 0.0587 e. The summed E-state index contributed by atoms with van der Waals surface area (Å²) >= 11 is 5.60. The van der Waals surface area contributed by atoms with Gasteiger partial charge in [-0.1, -0.05) is 0 Å². The molecule has 0 saturated heterocycles. The van der Waals surface area contributed by atoms with Gasteiger partial charge in [0.1, 0.15) is 0 Å². The van der Waals surface area contributed by atoms with Gasteiger partial charge in [-0.3, -0.25) is 0 Å². The van der Waals surface area contributed by atoms with Crippen LogP contribution < -0.4 is 4.84 Å². The van der Waals surface area contributed by atoms with E-state index in [2.05, 4.69) is 38.7 Å². The van der Waals surface area contributed by atoms with Crippen molar-refractivity contribution >= 4 is 19.0 Å². The van der Waals surface area contributed by atoms with Gasteiger partial charge in [-0.05, 0) is 38.5 Å². The minimum absolute atomic E-state index is 0.0940. The highest BCUT2D eigenvalue weighted by atomic mass is 35.5. The summed E-state index contributed by atoms with van der Waals surface area (Å²) in [4.78, 5) is 2.81. The van der Waals surface area contributed by atoms with Crippen molar-refractivity contribution in [2.45, 2.75) is 32.2 Å². The van der Waals surface area contributed by atoms with E-state index in [4.69, 9.17) is 11.8 Å². The van der Waals surface area contributed by atoms with Crippen LogP contribution in [-0.4, -0.2) is 31.7 Å². The van der Waals surface area contributed by atoms with Crippen molar-refractivity contribution < 1.29 is 0 Å². The maximum Gasteiger partial charge on any atom is 0.0587 e. The summed E-state index contributed by atoms with van der Waals surface area (Å²) in [6, 6.07) is 0. The van der Waals surface area contributed by atoms with E-state index < -0.39 is 7.26 Å². The monoisotopic (exact) mass is 210 g/mol. The molecule has 0 amide bonds. The quantitative estimate of drug-likeness (QED) is 0.543. The van der Waals surface area contributed by atoms with Crippen LogP contribution in [0.25, 0.3) is 0 Å². The number of halogens is 1. The molecule has 0 saturated carbocycles. The van der Waals surface area contributed by atoms with E-state index in [1.807, 2.05) is 0 Å². The molecule has 1 nitrogen and oxygen atoms in total. The van der Waals surface area contributed by atoms with Gasteiger partial charge in [0.05, 0.1) is 6.16 Å². The first-order valence-corrected chi connectivity index (χ1v) is 8.14. The van der Waals surface area contributed by atoms with Gasteiger partial charge in [0.2, 0.25) is 0 Å². The lowest BCUT2D eigenvalue weighted by atomic mass is 10.0. The molecule has 0 aliphatic carbocycles. The van der Waals surface area contributed by atoms with Crippen LogP contribution in [0.15, 0.2) is 0 Å². The Morgan fingerprint density at radius 2 is 1.75 bits per heavy atom. The van der Waals surface area contributed by atoms with E-state index in [1.54, 1.807) is 0 Å². The third-order valence-electron chi connectivity index (χ3n) is 1.89. The van der Waals surface area contributed by atoms with Crippen LogP contribution >= 0.6 is 19.0 Å². The summed E-state index contributed by atoms with van der Waals surface area (Å²) in [6.07, 6.45) is 3.81. The molecule has 1 N–H and O–H groups in total. The van der Waals surface area contributed by atoms with E-state index in [1.165, 1.54) is 12.6 Å². The molecule has 0 aromatic rings. The van der Waals surface area contributed by atoms with Gasteiger partial charge >= 0.3 is 0 Å². The largest absolute Gasteiger partial charge is 0.228 e. The SMILES string of the molecule is CC(C)(CCC[P+](C)(C)C)NCl. The van der Waals surface area contributed by atoms with Crippen LogP contribution in [0.1, 0.15) is 26.7 Å². The van der Waals surface area contributed by atoms with Gasteiger partial charge in [0.15, 0.2) is 0 Å².